The molecule has 148 valence electrons. The highest BCUT2D eigenvalue weighted by Crippen LogP contribution is 2.19. The Morgan fingerprint density at radius 2 is 1.85 bits per heavy atom. The lowest BCUT2D eigenvalue weighted by Crippen LogP contribution is -2.35. The van der Waals surface area contributed by atoms with Crippen molar-refractivity contribution in [1.29, 1.82) is 0 Å². The molecule has 1 aliphatic heterocycles. The van der Waals surface area contributed by atoms with Crippen LogP contribution in [0.5, 0.6) is 0 Å². The first kappa shape index (κ1) is 22.9. The minimum absolute atomic E-state index is 0. The summed E-state index contributed by atoms with van der Waals surface area (Å²) in [6.07, 6.45) is 0.984. The van der Waals surface area contributed by atoms with Crippen molar-refractivity contribution < 1.29 is 17.9 Å². The van der Waals surface area contributed by atoms with Crippen LogP contribution in [0, 0.1) is 0 Å². The third-order valence-electron chi connectivity index (χ3n) is 4.40. The zero-order chi connectivity index (χ0) is 18.4. The van der Waals surface area contributed by atoms with Crippen molar-refractivity contribution in [3.05, 3.63) is 29.8 Å². The SMILES string of the molecule is CCN(CC)S(=O)(=O)c1ccc(CNC(=O)[C@@H]2CC[C@H](CN)O2)cc1.Cl. The Bertz CT molecular complexity index is 678. The number of halogens is 1. The molecule has 0 unspecified atom stereocenters. The molecule has 7 nitrogen and oxygen atoms in total. The van der Waals surface area contributed by atoms with Crippen LogP contribution < -0.4 is 11.1 Å². The monoisotopic (exact) mass is 405 g/mol. The largest absolute Gasteiger partial charge is 0.364 e. The Labute approximate surface area is 161 Å². The quantitative estimate of drug-likeness (QED) is 0.677. The standard InChI is InChI=1S/C17H27N3O4S.ClH/c1-3-20(4-2)25(22,23)15-8-5-13(6-9-15)12-19-17(21)16-10-7-14(11-18)24-16;/h5-6,8-9,14,16H,3-4,7,10-12,18H2,1-2H3,(H,19,21);1H/t14-,16+;/m1./s1. The van der Waals surface area contributed by atoms with Crippen molar-refractivity contribution in [2.75, 3.05) is 19.6 Å². The lowest BCUT2D eigenvalue weighted by molar-refractivity contribution is -0.132. The number of carbonyl (C=O) groups is 1. The van der Waals surface area contributed by atoms with Gasteiger partial charge in [0.15, 0.2) is 0 Å². The average Bonchev–Trinajstić information content (AvgIpc) is 3.10. The van der Waals surface area contributed by atoms with Crippen molar-refractivity contribution in [3.8, 4) is 0 Å². The lowest BCUT2D eigenvalue weighted by atomic mass is 10.2. The summed E-state index contributed by atoms with van der Waals surface area (Å²) in [7, 11) is -3.46. The summed E-state index contributed by atoms with van der Waals surface area (Å²) in [6, 6.07) is 6.58. The minimum atomic E-state index is -3.46. The van der Waals surface area contributed by atoms with Crippen LogP contribution in [0.2, 0.25) is 0 Å². The molecule has 1 saturated heterocycles. The zero-order valence-corrected chi connectivity index (χ0v) is 16.8. The summed E-state index contributed by atoms with van der Waals surface area (Å²) in [5.41, 5.74) is 6.38. The van der Waals surface area contributed by atoms with E-state index >= 15 is 0 Å². The van der Waals surface area contributed by atoms with E-state index in [4.69, 9.17) is 10.5 Å². The second kappa shape index (κ2) is 10.2. The van der Waals surface area contributed by atoms with Gasteiger partial charge in [-0.2, -0.15) is 4.31 Å². The number of ether oxygens (including phenoxy) is 1. The van der Waals surface area contributed by atoms with Crippen molar-refractivity contribution >= 4 is 28.3 Å². The predicted molar refractivity (Wildman–Crippen MR) is 103 cm³/mol. The van der Waals surface area contributed by atoms with Crippen molar-refractivity contribution in [2.45, 2.75) is 50.3 Å². The normalized spacial score (nSPS) is 20.0. The molecule has 0 bridgehead atoms. The average molecular weight is 406 g/mol. The molecular weight excluding hydrogens is 378 g/mol. The van der Waals surface area contributed by atoms with Crippen LogP contribution in [-0.4, -0.2) is 50.5 Å². The summed E-state index contributed by atoms with van der Waals surface area (Å²) in [6.45, 7) is 5.24. The summed E-state index contributed by atoms with van der Waals surface area (Å²) in [5.74, 6) is -0.157. The van der Waals surface area contributed by atoms with Gasteiger partial charge in [0.05, 0.1) is 11.0 Å². The number of amides is 1. The summed E-state index contributed by atoms with van der Waals surface area (Å²) < 4.78 is 31.8. The van der Waals surface area contributed by atoms with E-state index in [9.17, 15) is 13.2 Å². The van der Waals surface area contributed by atoms with Gasteiger partial charge in [0.25, 0.3) is 0 Å². The molecule has 9 heteroatoms. The van der Waals surface area contributed by atoms with Gasteiger partial charge in [-0.1, -0.05) is 26.0 Å². The molecule has 1 aromatic rings. The highest BCUT2D eigenvalue weighted by Gasteiger charge is 2.29. The van der Waals surface area contributed by atoms with Gasteiger partial charge in [-0.3, -0.25) is 4.79 Å². The Balaban J connectivity index is 0.00000338. The lowest BCUT2D eigenvalue weighted by Gasteiger charge is -2.18. The van der Waals surface area contributed by atoms with Gasteiger partial charge < -0.3 is 15.8 Å². The molecule has 0 radical (unpaired) electrons. The number of hydrogen-bond acceptors (Lipinski definition) is 5. The highest BCUT2D eigenvalue weighted by molar-refractivity contribution is 7.89. The van der Waals surface area contributed by atoms with Crippen LogP contribution >= 0.6 is 12.4 Å². The van der Waals surface area contributed by atoms with Crippen molar-refractivity contribution in [1.82, 2.24) is 9.62 Å². The highest BCUT2D eigenvalue weighted by atomic mass is 35.5. The maximum Gasteiger partial charge on any atom is 0.249 e. The fourth-order valence-electron chi connectivity index (χ4n) is 2.87. The number of nitrogens with zero attached hydrogens (tertiary/aromatic N) is 1. The van der Waals surface area contributed by atoms with E-state index in [0.717, 1.165) is 12.0 Å². The van der Waals surface area contributed by atoms with Crippen LogP contribution in [0.4, 0.5) is 0 Å². The van der Waals surface area contributed by atoms with Crippen LogP contribution in [0.25, 0.3) is 0 Å². The molecule has 0 aromatic heterocycles. The van der Waals surface area contributed by atoms with E-state index in [-0.39, 0.29) is 29.3 Å². The predicted octanol–water partition coefficient (Wildman–Crippen LogP) is 1.26. The molecule has 1 aromatic carbocycles. The van der Waals surface area contributed by atoms with E-state index < -0.39 is 16.1 Å². The molecule has 1 aliphatic rings. The second-order valence-electron chi connectivity index (χ2n) is 6.01. The van der Waals surface area contributed by atoms with Gasteiger partial charge in [-0.05, 0) is 30.5 Å². The van der Waals surface area contributed by atoms with Gasteiger partial charge in [0.2, 0.25) is 15.9 Å². The molecule has 0 saturated carbocycles. The zero-order valence-electron chi connectivity index (χ0n) is 15.2. The first-order chi connectivity index (χ1) is 11.9. The van der Waals surface area contributed by atoms with Gasteiger partial charge in [0.1, 0.15) is 6.10 Å². The van der Waals surface area contributed by atoms with Crippen LogP contribution in [0.3, 0.4) is 0 Å². The number of nitrogens with two attached hydrogens (primary N) is 1. The number of nitrogens with one attached hydrogen (secondary N) is 1. The summed E-state index contributed by atoms with van der Waals surface area (Å²) in [4.78, 5) is 12.4. The Hall–Kier alpha value is -1.19. The number of hydrogen-bond donors (Lipinski definition) is 2. The third-order valence-corrected chi connectivity index (χ3v) is 6.46. The molecule has 0 aliphatic carbocycles. The van der Waals surface area contributed by atoms with E-state index in [2.05, 4.69) is 5.32 Å². The molecule has 2 atom stereocenters. The number of sulfonamides is 1. The molecule has 1 heterocycles. The molecule has 0 spiro atoms. The van der Waals surface area contributed by atoms with Gasteiger partial charge in [-0.15, -0.1) is 12.4 Å². The Morgan fingerprint density at radius 1 is 1.23 bits per heavy atom. The van der Waals surface area contributed by atoms with E-state index in [1.807, 2.05) is 13.8 Å². The fourth-order valence-corrected chi connectivity index (χ4v) is 4.32. The molecule has 1 amide bonds. The van der Waals surface area contributed by atoms with E-state index in [0.29, 0.717) is 32.6 Å². The first-order valence-corrected chi connectivity index (χ1v) is 10.1. The molecular formula is C17H28ClN3O4S. The maximum atomic E-state index is 12.4. The molecule has 1 fully saturated rings. The van der Waals surface area contributed by atoms with Crippen LogP contribution in [-0.2, 0) is 26.1 Å². The van der Waals surface area contributed by atoms with Gasteiger partial charge in [0, 0.05) is 26.2 Å². The van der Waals surface area contributed by atoms with Gasteiger partial charge >= 0.3 is 0 Å². The topological polar surface area (TPSA) is 102 Å². The smallest absolute Gasteiger partial charge is 0.249 e. The molecule has 26 heavy (non-hydrogen) atoms. The maximum absolute atomic E-state index is 12.4. The van der Waals surface area contributed by atoms with E-state index in [1.54, 1.807) is 24.3 Å². The number of carbonyl (C=O) groups excluding carboxylic acids is 1. The van der Waals surface area contributed by atoms with Crippen LogP contribution in [0.1, 0.15) is 32.3 Å². The van der Waals surface area contributed by atoms with Crippen LogP contribution in [0.15, 0.2) is 29.2 Å². The van der Waals surface area contributed by atoms with E-state index in [1.165, 1.54) is 4.31 Å². The number of benzene rings is 1. The third kappa shape index (κ3) is 5.40. The Kier molecular flexibility index (Phi) is 8.99. The minimum Gasteiger partial charge on any atom is -0.364 e. The van der Waals surface area contributed by atoms with Gasteiger partial charge in [-0.25, -0.2) is 8.42 Å². The second-order valence-corrected chi connectivity index (χ2v) is 7.95. The summed E-state index contributed by atoms with van der Waals surface area (Å²) in [5, 5.41) is 2.82. The van der Waals surface area contributed by atoms with Crippen molar-refractivity contribution in [2.24, 2.45) is 5.73 Å². The molecule has 2 rings (SSSR count). The fraction of sp³-hybridized carbons (Fsp3) is 0.588. The Morgan fingerprint density at radius 3 is 2.35 bits per heavy atom. The first-order valence-electron chi connectivity index (χ1n) is 8.64. The summed E-state index contributed by atoms with van der Waals surface area (Å²) >= 11 is 0. The van der Waals surface area contributed by atoms with Crippen molar-refractivity contribution in [3.63, 3.8) is 0 Å². The molecule has 3 N–H and O–H groups in total. The number of rotatable bonds is 8.